The van der Waals surface area contributed by atoms with Gasteiger partial charge in [0.1, 0.15) is 0 Å². The van der Waals surface area contributed by atoms with E-state index in [1.807, 2.05) is 0 Å². The molecule has 0 fully saturated rings. The van der Waals surface area contributed by atoms with E-state index in [2.05, 4.69) is 16.6 Å². The first-order valence-corrected chi connectivity index (χ1v) is 5.00. The lowest BCUT2D eigenvalue weighted by atomic mass is 10.7. The molecule has 0 aromatic carbocycles. The van der Waals surface area contributed by atoms with Gasteiger partial charge in [-0.2, -0.15) is 0 Å². The average molecular weight is 178 g/mol. The van der Waals surface area contributed by atoms with Gasteiger partial charge in [-0.05, 0) is 7.05 Å². The minimum Gasteiger partial charge on any atom is -0.318 e. The normalized spacial score (nSPS) is 11.4. The van der Waals surface area contributed by atoms with E-state index in [1.54, 1.807) is 7.05 Å². The van der Waals surface area contributed by atoms with Gasteiger partial charge < -0.3 is 5.32 Å². The van der Waals surface area contributed by atoms with E-state index < -0.39 is 10.0 Å². The summed E-state index contributed by atoms with van der Waals surface area (Å²) >= 11 is 0. The summed E-state index contributed by atoms with van der Waals surface area (Å²) in [5, 5.41) is 2.83. The molecule has 0 radical (unpaired) electrons. The Morgan fingerprint density at radius 1 is 1.45 bits per heavy atom. The largest absolute Gasteiger partial charge is 0.318 e. The summed E-state index contributed by atoms with van der Waals surface area (Å²) in [5.41, 5.74) is 0. The van der Waals surface area contributed by atoms with Crippen molar-refractivity contribution in [2.45, 2.75) is 0 Å². The Balaban J connectivity index is 3.65. The molecule has 0 aromatic rings. The van der Waals surface area contributed by atoms with E-state index in [4.69, 9.17) is 0 Å². The van der Waals surface area contributed by atoms with Crippen LogP contribution in [0.4, 0.5) is 0 Å². The van der Waals surface area contributed by atoms with E-state index >= 15 is 0 Å². The summed E-state index contributed by atoms with van der Waals surface area (Å²) in [6, 6.07) is 0. The van der Waals surface area contributed by atoms with Crippen molar-refractivity contribution in [1.82, 2.24) is 10.0 Å². The van der Waals surface area contributed by atoms with Gasteiger partial charge in [-0.15, -0.1) is 6.58 Å². The van der Waals surface area contributed by atoms with Crippen molar-refractivity contribution in [1.29, 1.82) is 0 Å². The molecule has 4 nitrogen and oxygen atoms in total. The number of hydrogen-bond acceptors (Lipinski definition) is 3. The molecule has 0 heterocycles. The maximum absolute atomic E-state index is 10.9. The number of hydrogen-bond donors (Lipinski definition) is 2. The zero-order valence-electron chi connectivity index (χ0n) is 6.63. The highest BCUT2D eigenvalue weighted by Crippen LogP contribution is 1.81. The SMILES string of the molecule is C=CCS(=O)(=O)NCCNC. The van der Waals surface area contributed by atoms with E-state index in [1.165, 1.54) is 6.08 Å². The van der Waals surface area contributed by atoms with Crippen LogP contribution in [-0.4, -0.2) is 34.3 Å². The topological polar surface area (TPSA) is 58.2 Å². The molecule has 0 atom stereocenters. The molecule has 66 valence electrons. The van der Waals surface area contributed by atoms with E-state index in [-0.39, 0.29) is 5.75 Å². The molecule has 0 bridgehead atoms. The van der Waals surface area contributed by atoms with Crippen molar-refractivity contribution in [2.24, 2.45) is 0 Å². The second kappa shape index (κ2) is 5.29. The number of nitrogens with one attached hydrogen (secondary N) is 2. The molecule has 0 unspecified atom stereocenters. The van der Waals surface area contributed by atoms with Crippen molar-refractivity contribution in [3.8, 4) is 0 Å². The first kappa shape index (κ1) is 10.6. The summed E-state index contributed by atoms with van der Waals surface area (Å²) in [6.45, 7) is 4.40. The molecule has 5 heteroatoms. The molecule has 0 aromatic heterocycles. The van der Waals surface area contributed by atoms with Crippen LogP contribution in [0, 0.1) is 0 Å². The van der Waals surface area contributed by atoms with Gasteiger partial charge in [0.25, 0.3) is 0 Å². The number of rotatable bonds is 6. The van der Waals surface area contributed by atoms with E-state index in [0.29, 0.717) is 13.1 Å². The van der Waals surface area contributed by atoms with Crippen LogP contribution in [0.15, 0.2) is 12.7 Å². The second-order valence-corrected chi connectivity index (χ2v) is 3.92. The number of sulfonamides is 1. The third-order valence-electron chi connectivity index (χ3n) is 1.03. The Morgan fingerprint density at radius 2 is 2.09 bits per heavy atom. The zero-order chi connectivity index (χ0) is 8.74. The smallest absolute Gasteiger partial charge is 0.215 e. The third-order valence-corrected chi connectivity index (χ3v) is 2.35. The Labute approximate surface area is 67.7 Å². The van der Waals surface area contributed by atoms with Crippen molar-refractivity contribution >= 4 is 10.0 Å². The van der Waals surface area contributed by atoms with Gasteiger partial charge in [0.05, 0.1) is 5.75 Å². The predicted molar refractivity (Wildman–Crippen MR) is 45.9 cm³/mol. The third kappa shape index (κ3) is 6.03. The lowest BCUT2D eigenvalue weighted by molar-refractivity contribution is 0.582. The molecule has 0 aliphatic heterocycles. The lowest BCUT2D eigenvalue weighted by Gasteiger charge is -2.02. The van der Waals surface area contributed by atoms with Gasteiger partial charge >= 0.3 is 0 Å². The lowest BCUT2D eigenvalue weighted by Crippen LogP contribution is -2.31. The first-order chi connectivity index (χ1) is 5.12. The maximum atomic E-state index is 10.9. The van der Waals surface area contributed by atoms with Crippen LogP contribution in [0.3, 0.4) is 0 Å². The van der Waals surface area contributed by atoms with Crippen molar-refractivity contribution in [3.05, 3.63) is 12.7 Å². The van der Waals surface area contributed by atoms with Crippen molar-refractivity contribution in [3.63, 3.8) is 0 Å². The van der Waals surface area contributed by atoms with Crippen LogP contribution in [0.2, 0.25) is 0 Å². The molecule has 0 aliphatic carbocycles. The Hall–Kier alpha value is -0.390. The molecule has 0 rings (SSSR count). The Bertz CT molecular complexity index is 199. The quantitative estimate of drug-likeness (QED) is 0.418. The van der Waals surface area contributed by atoms with Crippen LogP contribution in [0.25, 0.3) is 0 Å². The molecule has 0 aliphatic rings. The highest BCUT2D eigenvalue weighted by molar-refractivity contribution is 7.89. The summed E-state index contributed by atoms with van der Waals surface area (Å²) in [6.07, 6.45) is 1.36. The van der Waals surface area contributed by atoms with E-state index in [9.17, 15) is 8.42 Å². The standard InChI is InChI=1S/C6H14N2O2S/c1-3-6-11(9,10)8-5-4-7-2/h3,7-8H,1,4-6H2,2H3. The fraction of sp³-hybridized carbons (Fsp3) is 0.667. The summed E-state index contributed by atoms with van der Waals surface area (Å²) < 4.78 is 24.2. The Morgan fingerprint density at radius 3 is 2.55 bits per heavy atom. The fourth-order valence-corrected chi connectivity index (χ4v) is 1.39. The molecule has 0 amide bonds. The molecular formula is C6H14N2O2S. The highest BCUT2D eigenvalue weighted by Gasteiger charge is 2.04. The van der Waals surface area contributed by atoms with Crippen LogP contribution in [0.1, 0.15) is 0 Å². The molecular weight excluding hydrogens is 164 g/mol. The van der Waals surface area contributed by atoms with Gasteiger partial charge in [0.15, 0.2) is 0 Å². The van der Waals surface area contributed by atoms with Gasteiger partial charge in [-0.1, -0.05) is 6.08 Å². The van der Waals surface area contributed by atoms with Gasteiger partial charge in [-0.3, -0.25) is 0 Å². The van der Waals surface area contributed by atoms with Gasteiger partial charge in [-0.25, -0.2) is 13.1 Å². The fourth-order valence-electron chi connectivity index (χ4n) is 0.546. The van der Waals surface area contributed by atoms with E-state index in [0.717, 1.165) is 0 Å². The maximum Gasteiger partial charge on any atom is 0.215 e. The van der Waals surface area contributed by atoms with Crippen LogP contribution < -0.4 is 10.0 Å². The summed E-state index contributed by atoms with van der Waals surface area (Å²) in [5.74, 6) is -0.0171. The second-order valence-electron chi connectivity index (χ2n) is 2.07. The molecule has 0 spiro atoms. The molecule has 0 saturated heterocycles. The highest BCUT2D eigenvalue weighted by atomic mass is 32.2. The van der Waals surface area contributed by atoms with Gasteiger partial charge in [0, 0.05) is 13.1 Å². The monoisotopic (exact) mass is 178 g/mol. The Kier molecular flexibility index (Phi) is 5.10. The van der Waals surface area contributed by atoms with Crippen LogP contribution in [0.5, 0.6) is 0 Å². The number of likely N-dealkylation sites (N-methyl/N-ethyl adjacent to an activating group) is 1. The van der Waals surface area contributed by atoms with Crippen molar-refractivity contribution < 1.29 is 8.42 Å². The van der Waals surface area contributed by atoms with Crippen LogP contribution >= 0.6 is 0 Å². The first-order valence-electron chi connectivity index (χ1n) is 3.35. The average Bonchev–Trinajstić information content (AvgIpc) is 1.87. The summed E-state index contributed by atoms with van der Waals surface area (Å²) in [7, 11) is -1.35. The van der Waals surface area contributed by atoms with Crippen LogP contribution in [-0.2, 0) is 10.0 Å². The minimum atomic E-state index is -3.11. The molecule has 0 saturated carbocycles. The van der Waals surface area contributed by atoms with Crippen molar-refractivity contribution in [2.75, 3.05) is 25.9 Å². The molecule has 2 N–H and O–H groups in total. The van der Waals surface area contributed by atoms with Gasteiger partial charge in [0.2, 0.25) is 10.0 Å². The predicted octanol–water partition coefficient (Wildman–Crippen LogP) is -0.689. The summed E-state index contributed by atoms with van der Waals surface area (Å²) in [4.78, 5) is 0. The molecule has 11 heavy (non-hydrogen) atoms. The minimum absolute atomic E-state index is 0.0171. The zero-order valence-corrected chi connectivity index (χ0v) is 7.45.